The summed E-state index contributed by atoms with van der Waals surface area (Å²) in [5.41, 5.74) is 7.93. The number of nitrogens with zero attached hydrogens (tertiary/aromatic N) is 4. The Morgan fingerprint density at radius 2 is 1.39 bits per heavy atom. The summed E-state index contributed by atoms with van der Waals surface area (Å²) in [6.07, 6.45) is 3.92. The molecule has 3 fully saturated rings. The van der Waals surface area contributed by atoms with Crippen molar-refractivity contribution in [1.82, 2.24) is 20.4 Å². The number of anilines is 2. The second-order valence-electron chi connectivity index (χ2n) is 15.8. The van der Waals surface area contributed by atoms with Crippen LogP contribution >= 0.6 is 0 Å². The molecule has 4 aromatic rings. The molecule has 3 saturated heterocycles. The zero-order valence-electron chi connectivity index (χ0n) is 32.4. The number of amides is 4. The molecule has 0 bridgehead atoms. The van der Waals surface area contributed by atoms with Crippen LogP contribution in [0.4, 0.5) is 11.4 Å². The van der Waals surface area contributed by atoms with Gasteiger partial charge in [0, 0.05) is 88.1 Å². The largest absolute Gasteiger partial charge is 0.508 e. The van der Waals surface area contributed by atoms with Gasteiger partial charge in [-0.1, -0.05) is 48.5 Å². The first-order valence-electron chi connectivity index (χ1n) is 20.5. The lowest BCUT2D eigenvalue weighted by atomic mass is 9.69. The van der Waals surface area contributed by atoms with E-state index in [2.05, 4.69) is 86.0 Å². The number of aryl methyl sites for hydroxylation is 1. The molecule has 4 aliphatic rings. The first kappa shape index (κ1) is 38.2. The van der Waals surface area contributed by atoms with E-state index < -0.39 is 11.9 Å². The van der Waals surface area contributed by atoms with E-state index in [1.165, 1.54) is 27.9 Å². The minimum atomic E-state index is -0.709. The number of hydrogen-bond donors (Lipinski definition) is 3. The first-order valence-corrected chi connectivity index (χ1v) is 20.5. The summed E-state index contributed by atoms with van der Waals surface area (Å²) in [7, 11) is 0. The van der Waals surface area contributed by atoms with Crippen molar-refractivity contribution in [2.24, 2.45) is 0 Å². The topological polar surface area (TPSA) is 126 Å². The molecule has 0 spiro atoms. The van der Waals surface area contributed by atoms with E-state index in [4.69, 9.17) is 0 Å². The number of imide groups is 1. The van der Waals surface area contributed by atoms with Gasteiger partial charge in [0.15, 0.2) is 0 Å². The Morgan fingerprint density at radius 1 is 0.719 bits per heavy atom. The lowest BCUT2D eigenvalue weighted by Crippen LogP contribution is -2.52. The molecule has 57 heavy (non-hydrogen) atoms. The Kier molecular flexibility index (Phi) is 11.5. The van der Waals surface area contributed by atoms with Crippen molar-refractivity contribution in [2.75, 3.05) is 68.7 Å². The average molecular weight is 769 g/mol. The van der Waals surface area contributed by atoms with Gasteiger partial charge in [-0.15, -0.1) is 0 Å². The van der Waals surface area contributed by atoms with Crippen LogP contribution in [0.25, 0.3) is 0 Å². The highest BCUT2D eigenvalue weighted by atomic mass is 16.3. The Labute approximate surface area is 334 Å². The van der Waals surface area contributed by atoms with Crippen LogP contribution in [0.3, 0.4) is 0 Å². The van der Waals surface area contributed by atoms with Crippen LogP contribution in [-0.4, -0.2) is 103 Å². The van der Waals surface area contributed by atoms with Gasteiger partial charge in [-0.05, 0) is 109 Å². The number of phenols is 1. The number of carbonyl (C=O) groups excluding carboxylic acids is 4. The summed E-state index contributed by atoms with van der Waals surface area (Å²) >= 11 is 0. The molecule has 1 unspecified atom stereocenters. The molecule has 0 aromatic heterocycles. The van der Waals surface area contributed by atoms with Gasteiger partial charge in [0.2, 0.25) is 17.7 Å². The summed E-state index contributed by atoms with van der Waals surface area (Å²) in [5, 5.41) is 15.2. The van der Waals surface area contributed by atoms with Gasteiger partial charge in [0.05, 0.1) is 0 Å². The lowest BCUT2D eigenvalue weighted by molar-refractivity contribution is -0.134. The van der Waals surface area contributed by atoms with Gasteiger partial charge in [-0.2, -0.15) is 0 Å². The van der Waals surface area contributed by atoms with Crippen molar-refractivity contribution in [3.63, 3.8) is 0 Å². The van der Waals surface area contributed by atoms with E-state index >= 15 is 0 Å². The zero-order valence-corrected chi connectivity index (χ0v) is 32.4. The molecule has 1 aliphatic carbocycles. The Hall–Kier alpha value is -5.68. The molecule has 0 radical (unpaired) electrons. The maximum Gasteiger partial charge on any atom is 0.251 e. The van der Waals surface area contributed by atoms with Crippen LogP contribution in [-0.2, 0) is 20.8 Å². The SMILES string of the molecule is O=C1CCC(NC(=O)c2ccc(N3CCN(C(=O)CCCN4CCN(c5ccc([C@@H]6c7ccc(O)cc7CC[C@@H]6c6ccccc6)cc5)CC4)CC3)cc2)C(=O)N1. The fourth-order valence-corrected chi connectivity index (χ4v) is 9.12. The molecule has 4 amide bonds. The monoisotopic (exact) mass is 768 g/mol. The number of carbonyl (C=O) groups is 4. The van der Waals surface area contributed by atoms with E-state index in [0.717, 1.165) is 70.8 Å². The van der Waals surface area contributed by atoms with Crippen molar-refractivity contribution in [3.8, 4) is 5.75 Å². The molecule has 3 N–H and O–H groups in total. The second-order valence-corrected chi connectivity index (χ2v) is 15.8. The number of phenolic OH excluding ortho intramolecular Hbond substituents is 1. The molecular weight excluding hydrogens is 717 g/mol. The highest BCUT2D eigenvalue weighted by Crippen LogP contribution is 2.47. The van der Waals surface area contributed by atoms with Gasteiger partial charge in [-0.3, -0.25) is 29.4 Å². The van der Waals surface area contributed by atoms with Crippen molar-refractivity contribution in [2.45, 2.75) is 56.4 Å². The molecule has 8 rings (SSSR count). The average Bonchev–Trinajstić information content (AvgIpc) is 3.25. The second kappa shape index (κ2) is 17.2. The summed E-state index contributed by atoms with van der Waals surface area (Å²) in [6.45, 7) is 7.56. The molecule has 3 heterocycles. The summed E-state index contributed by atoms with van der Waals surface area (Å²) < 4.78 is 0. The Balaban J connectivity index is 0.768. The van der Waals surface area contributed by atoms with E-state index in [1.807, 2.05) is 29.2 Å². The highest BCUT2D eigenvalue weighted by molar-refractivity contribution is 6.03. The number of nitrogens with one attached hydrogen (secondary N) is 2. The van der Waals surface area contributed by atoms with Gasteiger partial charge >= 0.3 is 0 Å². The van der Waals surface area contributed by atoms with E-state index in [1.54, 1.807) is 12.1 Å². The fraction of sp³-hybridized carbons (Fsp3) is 0.391. The number of fused-ring (bicyclic) bond motifs is 1. The molecule has 3 atom stereocenters. The summed E-state index contributed by atoms with van der Waals surface area (Å²) in [5.74, 6) is 0.0412. The van der Waals surface area contributed by atoms with Crippen LogP contribution in [0.5, 0.6) is 5.75 Å². The predicted octanol–water partition coefficient (Wildman–Crippen LogP) is 5.04. The van der Waals surface area contributed by atoms with Gasteiger partial charge in [-0.25, -0.2) is 0 Å². The molecule has 3 aliphatic heterocycles. The molecule has 11 heteroatoms. The third-order valence-electron chi connectivity index (χ3n) is 12.3. The normalized spacial score (nSPS) is 21.5. The van der Waals surface area contributed by atoms with Crippen LogP contribution in [0, 0.1) is 0 Å². The Bertz CT molecular complexity index is 2060. The first-order chi connectivity index (χ1) is 27.8. The van der Waals surface area contributed by atoms with Gasteiger partial charge in [0.25, 0.3) is 5.91 Å². The highest BCUT2D eigenvalue weighted by Gasteiger charge is 2.33. The molecule has 296 valence electrons. The molecule has 4 aromatic carbocycles. The number of piperazine rings is 2. The maximum absolute atomic E-state index is 13.1. The molecule has 0 saturated carbocycles. The number of aromatic hydroxyl groups is 1. The summed E-state index contributed by atoms with van der Waals surface area (Å²) in [4.78, 5) is 58.4. The van der Waals surface area contributed by atoms with Crippen LogP contribution in [0.2, 0.25) is 0 Å². The van der Waals surface area contributed by atoms with Crippen LogP contribution in [0.15, 0.2) is 97.1 Å². The van der Waals surface area contributed by atoms with Crippen molar-refractivity contribution < 1.29 is 24.3 Å². The molecular formula is C46H52N6O5. The summed E-state index contributed by atoms with van der Waals surface area (Å²) in [6, 6.07) is 32.5. The van der Waals surface area contributed by atoms with Crippen LogP contribution in [0.1, 0.15) is 76.6 Å². The van der Waals surface area contributed by atoms with Crippen LogP contribution < -0.4 is 20.4 Å². The maximum atomic E-state index is 13.1. The van der Waals surface area contributed by atoms with E-state index in [-0.39, 0.29) is 30.1 Å². The number of piperidine rings is 1. The fourth-order valence-electron chi connectivity index (χ4n) is 9.12. The quantitative estimate of drug-likeness (QED) is 0.192. The number of rotatable bonds is 10. The van der Waals surface area contributed by atoms with Crippen molar-refractivity contribution >= 4 is 35.0 Å². The predicted molar refractivity (Wildman–Crippen MR) is 221 cm³/mol. The zero-order chi connectivity index (χ0) is 39.3. The minimum Gasteiger partial charge on any atom is -0.508 e. The lowest BCUT2D eigenvalue weighted by Gasteiger charge is -2.37. The van der Waals surface area contributed by atoms with Gasteiger partial charge < -0.3 is 25.1 Å². The smallest absolute Gasteiger partial charge is 0.251 e. The Morgan fingerprint density at radius 3 is 2.07 bits per heavy atom. The standard InChI is InChI=1S/C46H52N6O5/c53-38-17-19-40-35(31-38)12-18-39(32-5-2-1-3-6-32)44(40)33-8-13-36(14-9-33)50-25-23-49(24-26-50)22-4-7-43(55)52-29-27-51(28-30-52)37-15-10-34(11-16-37)45(56)47-41-20-21-42(54)48-46(41)57/h1-3,5-6,8-11,13-17,19,31,39,41,44,53H,4,7,12,18,20-30H2,(H,47,56)(H,48,54,57)/t39-,41?,44+/m1/s1. The van der Waals surface area contributed by atoms with Gasteiger partial charge in [0.1, 0.15) is 11.8 Å². The van der Waals surface area contributed by atoms with E-state index in [0.29, 0.717) is 43.2 Å². The number of benzene rings is 4. The third-order valence-corrected chi connectivity index (χ3v) is 12.3. The van der Waals surface area contributed by atoms with Crippen molar-refractivity contribution in [3.05, 3.63) is 125 Å². The van der Waals surface area contributed by atoms with E-state index in [9.17, 15) is 24.3 Å². The van der Waals surface area contributed by atoms with Crippen molar-refractivity contribution in [1.29, 1.82) is 0 Å². The molecule has 11 nitrogen and oxygen atoms in total. The third kappa shape index (κ3) is 8.83. The number of hydrogen-bond acceptors (Lipinski definition) is 8. The minimum absolute atomic E-state index is 0.209.